The van der Waals surface area contributed by atoms with Gasteiger partial charge < -0.3 is 15.0 Å². The number of Topliss-reactive ketones (excluding diaryl/α,β-unsaturated/α-hetero) is 1. The number of rotatable bonds is 6. The first-order valence-corrected chi connectivity index (χ1v) is 11.2. The molecule has 0 spiro atoms. The average molecular weight is 441 g/mol. The molecule has 0 fully saturated rings. The van der Waals surface area contributed by atoms with Gasteiger partial charge in [0, 0.05) is 40.4 Å². The van der Waals surface area contributed by atoms with Gasteiger partial charge in [-0.1, -0.05) is 54.9 Å². The molecule has 2 aromatic rings. The Kier molecular flexibility index (Phi) is 6.40. The number of carbonyl (C=O) groups excluding carboxylic acids is 1. The fraction of sp³-hybridized carbons (Fsp3) is 0.333. The van der Waals surface area contributed by atoms with Gasteiger partial charge in [0.15, 0.2) is 10.9 Å². The van der Waals surface area contributed by atoms with Crippen LogP contribution in [0.5, 0.6) is 5.75 Å². The highest BCUT2D eigenvalue weighted by Gasteiger charge is 2.37. The van der Waals surface area contributed by atoms with Crippen molar-refractivity contribution in [2.24, 2.45) is 0 Å². The highest BCUT2D eigenvalue weighted by Crippen LogP contribution is 2.40. The number of thiocarbonyl (C=S) groups is 1. The first-order valence-electron chi connectivity index (χ1n) is 10.4. The van der Waals surface area contributed by atoms with E-state index in [0.29, 0.717) is 23.2 Å². The molecule has 1 N–H and O–H groups in total. The molecule has 156 valence electrons. The number of hydrogen-bond acceptors (Lipinski definition) is 3. The zero-order chi connectivity index (χ0) is 21.1. The Balaban J connectivity index is 1.69. The fourth-order valence-corrected chi connectivity index (χ4v) is 4.68. The number of allylic oxidation sites excluding steroid dienone is 1. The maximum Gasteiger partial charge on any atom is 0.173 e. The van der Waals surface area contributed by atoms with Gasteiger partial charge in [0.25, 0.3) is 0 Å². The SMILES string of the molecule is CCCN1C(=S)NC(c2ccccc2OCc2ccccc2Cl)C2=C1CCCC2=O. The third kappa shape index (κ3) is 4.09. The van der Waals surface area contributed by atoms with E-state index >= 15 is 0 Å². The summed E-state index contributed by atoms with van der Waals surface area (Å²) in [6, 6.07) is 15.2. The molecule has 1 unspecified atom stereocenters. The molecule has 2 aromatic carbocycles. The first kappa shape index (κ1) is 20.9. The van der Waals surface area contributed by atoms with Crippen molar-refractivity contribution in [1.82, 2.24) is 10.2 Å². The van der Waals surface area contributed by atoms with Crippen molar-refractivity contribution in [3.63, 3.8) is 0 Å². The molecule has 30 heavy (non-hydrogen) atoms. The summed E-state index contributed by atoms with van der Waals surface area (Å²) in [6.07, 6.45) is 3.29. The van der Waals surface area contributed by atoms with Crippen LogP contribution in [-0.2, 0) is 11.4 Å². The summed E-state index contributed by atoms with van der Waals surface area (Å²) in [6.45, 7) is 3.29. The number of halogens is 1. The van der Waals surface area contributed by atoms with Gasteiger partial charge in [-0.3, -0.25) is 4.79 Å². The quantitative estimate of drug-likeness (QED) is 0.595. The van der Waals surface area contributed by atoms with Crippen LogP contribution in [-0.4, -0.2) is 22.3 Å². The van der Waals surface area contributed by atoms with E-state index in [9.17, 15) is 4.79 Å². The van der Waals surface area contributed by atoms with E-state index in [1.807, 2.05) is 48.5 Å². The fourth-order valence-electron chi connectivity index (χ4n) is 4.17. The van der Waals surface area contributed by atoms with Gasteiger partial charge in [0.05, 0.1) is 6.04 Å². The van der Waals surface area contributed by atoms with Crippen LogP contribution >= 0.6 is 23.8 Å². The van der Waals surface area contributed by atoms with Crippen LogP contribution < -0.4 is 10.1 Å². The lowest BCUT2D eigenvalue weighted by Gasteiger charge is -2.41. The molecule has 0 amide bonds. The Hall–Kier alpha value is -2.37. The number of benzene rings is 2. The minimum atomic E-state index is -0.296. The summed E-state index contributed by atoms with van der Waals surface area (Å²) in [5, 5.41) is 4.77. The molecule has 2 aliphatic rings. The number of ketones is 1. The van der Waals surface area contributed by atoms with Crippen LogP contribution in [0.2, 0.25) is 5.02 Å². The Morgan fingerprint density at radius 1 is 1.17 bits per heavy atom. The van der Waals surface area contributed by atoms with Crippen molar-refractivity contribution in [2.45, 2.75) is 45.3 Å². The van der Waals surface area contributed by atoms with Gasteiger partial charge in [-0.15, -0.1) is 0 Å². The topological polar surface area (TPSA) is 41.6 Å². The molecule has 1 atom stereocenters. The standard InChI is InChI=1S/C24H25ClN2O2S/c1-2-14-27-19-11-7-12-20(28)22(19)23(26-24(27)30)17-9-4-6-13-21(17)29-15-16-8-3-5-10-18(16)25/h3-6,8-10,13,23H,2,7,11-12,14-15H2,1H3,(H,26,30). The highest BCUT2D eigenvalue weighted by atomic mass is 35.5. The molecule has 1 heterocycles. The minimum absolute atomic E-state index is 0.193. The molecule has 1 aliphatic carbocycles. The van der Waals surface area contributed by atoms with Crippen molar-refractivity contribution in [3.05, 3.63) is 76.0 Å². The summed E-state index contributed by atoms with van der Waals surface area (Å²) in [7, 11) is 0. The van der Waals surface area contributed by atoms with E-state index in [1.165, 1.54) is 0 Å². The number of nitrogens with one attached hydrogen (secondary N) is 1. The summed E-state index contributed by atoms with van der Waals surface area (Å²) >= 11 is 12.0. The van der Waals surface area contributed by atoms with Crippen LogP contribution in [0.25, 0.3) is 0 Å². The van der Waals surface area contributed by atoms with E-state index in [2.05, 4.69) is 17.1 Å². The molecular weight excluding hydrogens is 416 g/mol. The maximum atomic E-state index is 13.0. The summed E-state index contributed by atoms with van der Waals surface area (Å²) in [5.41, 5.74) is 3.74. The number of nitrogens with zero attached hydrogens (tertiary/aromatic N) is 1. The molecule has 1 aliphatic heterocycles. The Labute approximate surface area is 187 Å². The third-order valence-electron chi connectivity index (χ3n) is 5.57. The Morgan fingerprint density at radius 3 is 2.73 bits per heavy atom. The lowest BCUT2D eigenvalue weighted by atomic mass is 9.84. The summed E-state index contributed by atoms with van der Waals surface area (Å²) in [4.78, 5) is 15.1. The number of carbonyl (C=O) groups is 1. The minimum Gasteiger partial charge on any atom is -0.488 e. The zero-order valence-corrected chi connectivity index (χ0v) is 18.6. The lowest BCUT2D eigenvalue weighted by Crippen LogP contribution is -2.49. The van der Waals surface area contributed by atoms with Gasteiger partial charge in [-0.05, 0) is 43.6 Å². The molecule has 0 saturated heterocycles. The average Bonchev–Trinajstić information content (AvgIpc) is 2.75. The summed E-state index contributed by atoms with van der Waals surface area (Å²) < 4.78 is 6.17. The lowest BCUT2D eigenvalue weighted by molar-refractivity contribution is -0.116. The maximum absolute atomic E-state index is 13.0. The van der Waals surface area contributed by atoms with E-state index in [0.717, 1.165) is 54.0 Å². The molecule has 0 aromatic heterocycles. The van der Waals surface area contributed by atoms with Crippen LogP contribution in [0.3, 0.4) is 0 Å². The van der Waals surface area contributed by atoms with E-state index < -0.39 is 0 Å². The number of hydrogen-bond donors (Lipinski definition) is 1. The number of ether oxygens (including phenoxy) is 1. The second kappa shape index (κ2) is 9.19. The monoisotopic (exact) mass is 440 g/mol. The van der Waals surface area contributed by atoms with E-state index in [1.54, 1.807) is 0 Å². The highest BCUT2D eigenvalue weighted by molar-refractivity contribution is 7.80. The van der Waals surface area contributed by atoms with Crippen LogP contribution in [0.15, 0.2) is 59.8 Å². The smallest absolute Gasteiger partial charge is 0.173 e. The van der Waals surface area contributed by atoms with Gasteiger partial charge in [-0.2, -0.15) is 0 Å². The second-order valence-corrected chi connectivity index (χ2v) is 8.38. The molecule has 0 radical (unpaired) electrons. The molecule has 6 heteroatoms. The zero-order valence-electron chi connectivity index (χ0n) is 17.0. The van der Waals surface area contributed by atoms with Crippen molar-refractivity contribution in [2.75, 3.05) is 6.54 Å². The normalized spacial score (nSPS) is 18.9. The molecule has 0 saturated carbocycles. The molecule has 4 nitrogen and oxygen atoms in total. The van der Waals surface area contributed by atoms with Gasteiger partial charge in [0.1, 0.15) is 12.4 Å². The van der Waals surface area contributed by atoms with E-state index in [4.69, 9.17) is 28.6 Å². The Bertz CT molecular complexity index is 1000. The van der Waals surface area contributed by atoms with Gasteiger partial charge >= 0.3 is 0 Å². The molecule has 4 rings (SSSR count). The molecular formula is C24H25ClN2O2S. The predicted octanol–water partition coefficient (Wildman–Crippen LogP) is 5.57. The Morgan fingerprint density at radius 2 is 1.93 bits per heavy atom. The van der Waals surface area contributed by atoms with Crippen LogP contribution in [0.1, 0.15) is 49.8 Å². The second-order valence-electron chi connectivity index (χ2n) is 7.59. The first-order chi connectivity index (χ1) is 14.6. The number of para-hydroxylation sites is 1. The van der Waals surface area contributed by atoms with E-state index in [-0.39, 0.29) is 11.8 Å². The van der Waals surface area contributed by atoms with Crippen molar-refractivity contribution >= 4 is 34.7 Å². The predicted molar refractivity (Wildman–Crippen MR) is 124 cm³/mol. The van der Waals surface area contributed by atoms with Crippen molar-refractivity contribution in [1.29, 1.82) is 0 Å². The van der Waals surface area contributed by atoms with Crippen molar-refractivity contribution in [3.8, 4) is 5.75 Å². The summed E-state index contributed by atoms with van der Waals surface area (Å²) in [5.74, 6) is 0.921. The van der Waals surface area contributed by atoms with Gasteiger partial charge in [-0.25, -0.2) is 0 Å². The third-order valence-corrected chi connectivity index (χ3v) is 6.28. The molecule has 0 bridgehead atoms. The van der Waals surface area contributed by atoms with Crippen LogP contribution in [0.4, 0.5) is 0 Å². The van der Waals surface area contributed by atoms with Crippen LogP contribution in [0, 0.1) is 0 Å². The van der Waals surface area contributed by atoms with Gasteiger partial charge in [0.2, 0.25) is 0 Å². The largest absolute Gasteiger partial charge is 0.488 e. The van der Waals surface area contributed by atoms with Crippen molar-refractivity contribution < 1.29 is 9.53 Å².